The Labute approximate surface area is 588 Å². The number of unbranched alkanes of at least 4 members (excludes halogenated alkanes) is 68. The van der Waals surface area contributed by atoms with Gasteiger partial charge in [0.25, 0.3) is 0 Å². The van der Waals surface area contributed by atoms with Crippen LogP contribution in [0.4, 0.5) is 0 Å². The second-order valence-electron chi connectivity index (χ2n) is 30.9. The lowest BCUT2D eigenvalue weighted by molar-refractivity contribution is -0.870. The van der Waals surface area contributed by atoms with E-state index in [4.69, 9.17) is 18.5 Å². The molecule has 0 bridgehead atoms. The van der Waals surface area contributed by atoms with Gasteiger partial charge in [0.1, 0.15) is 19.8 Å². The monoisotopic (exact) mass is 1350 g/mol. The van der Waals surface area contributed by atoms with Crippen molar-refractivity contribution < 1.29 is 42.1 Å². The van der Waals surface area contributed by atoms with Crippen LogP contribution < -0.4 is 0 Å². The molecule has 0 amide bonds. The first-order valence-corrected chi connectivity index (χ1v) is 44.3. The number of carbonyl (C=O) groups is 2. The molecular weight excluding hydrogens is 1180 g/mol. The van der Waals surface area contributed by atoms with Gasteiger partial charge in [0.2, 0.25) is 0 Å². The Balaban J connectivity index is 3.84. The van der Waals surface area contributed by atoms with E-state index < -0.39 is 26.5 Å². The van der Waals surface area contributed by atoms with E-state index >= 15 is 0 Å². The zero-order valence-corrected chi connectivity index (χ0v) is 65.4. The fourth-order valence-corrected chi connectivity index (χ4v) is 14.4. The third-order valence-electron chi connectivity index (χ3n) is 20.1. The van der Waals surface area contributed by atoms with E-state index in [9.17, 15) is 19.0 Å². The molecule has 0 rings (SSSR count). The molecule has 0 radical (unpaired) electrons. The van der Waals surface area contributed by atoms with Gasteiger partial charge in [-0.2, -0.15) is 0 Å². The molecule has 2 unspecified atom stereocenters. The zero-order valence-electron chi connectivity index (χ0n) is 64.5. The number of carbonyl (C=O) groups excluding carboxylic acids is 2. The number of phosphoric acid groups is 1. The van der Waals surface area contributed by atoms with E-state index in [1.54, 1.807) is 0 Å². The highest BCUT2D eigenvalue weighted by Gasteiger charge is 2.27. The van der Waals surface area contributed by atoms with Crippen LogP contribution in [0.25, 0.3) is 0 Å². The average molecular weight is 1350 g/mol. The molecule has 0 heterocycles. The smallest absolute Gasteiger partial charge is 0.462 e. The van der Waals surface area contributed by atoms with E-state index in [1.165, 1.54) is 411 Å². The lowest BCUT2D eigenvalue weighted by Gasteiger charge is -2.24. The molecule has 0 aliphatic carbocycles. The van der Waals surface area contributed by atoms with Crippen LogP contribution in [0.2, 0.25) is 0 Å². The minimum absolute atomic E-state index is 0.0379. The number of nitrogens with zero attached hydrogens (tertiary/aromatic N) is 1. The predicted octanol–water partition coefficient (Wildman–Crippen LogP) is 28.4. The molecule has 0 saturated heterocycles. The average Bonchev–Trinajstić information content (AvgIpc) is 1.56. The summed E-state index contributed by atoms with van der Waals surface area (Å²) in [5, 5.41) is 0. The van der Waals surface area contributed by atoms with Gasteiger partial charge < -0.3 is 18.9 Å². The van der Waals surface area contributed by atoms with Crippen LogP contribution in [0.15, 0.2) is 0 Å². The maximum atomic E-state index is 12.9. The lowest BCUT2D eigenvalue weighted by atomic mass is 10.0. The van der Waals surface area contributed by atoms with Crippen molar-refractivity contribution in [3.05, 3.63) is 0 Å². The summed E-state index contributed by atoms with van der Waals surface area (Å²) < 4.78 is 34.9. The molecule has 0 fully saturated rings. The van der Waals surface area contributed by atoms with Crippen molar-refractivity contribution in [2.45, 2.75) is 482 Å². The van der Waals surface area contributed by atoms with Crippen LogP contribution in [-0.4, -0.2) is 74.9 Å². The molecule has 0 saturated carbocycles. The summed E-state index contributed by atoms with van der Waals surface area (Å²) in [5.41, 5.74) is 0. The second kappa shape index (κ2) is 76.2. The number of phosphoric ester groups is 1. The summed E-state index contributed by atoms with van der Waals surface area (Å²) in [6.07, 6.45) is 95.8. The van der Waals surface area contributed by atoms with Gasteiger partial charge in [-0.25, -0.2) is 4.57 Å². The Morgan fingerprint density at radius 2 is 0.479 bits per heavy atom. The highest BCUT2D eigenvalue weighted by atomic mass is 31.2. The quantitative estimate of drug-likeness (QED) is 0.0278. The molecule has 0 aromatic rings. The summed E-state index contributed by atoms with van der Waals surface area (Å²) in [6, 6.07) is 0. The fourth-order valence-electron chi connectivity index (χ4n) is 13.6. The third kappa shape index (κ3) is 80.0. The fraction of sp³-hybridized carbons (Fsp3) is 0.976. The van der Waals surface area contributed by atoms with Gasteiger partial charge in [0.15, 0.2) is 6.10 Å². The number of esters is 2. The van der Waals surface area contributed by atoms with E-state index in [-0.39, 0.29) is 25.6 Å². The topological polar surface area (TPSA) is 108 Å². The molecule has 562 valence electrons. The Morgan fingerprint density at radius 1 is 0.287 bits per heavy atom. The number of hydrogen-bond donors (Lipinski definition) is 1. The molecule has 0 aliphatic heterocycles. The Morgan fingerprint density at radius 3 is 0.681 bits per heavy atom. The van der Waals surface area contributed by atoms with Crippen molar-refractivity contribution >= 4 is 19.8 Å². The first-order chi connectivity index (χ1) is 46.0. The van der Waals surface area contributed by atoms with Crippen LogP contribution in [0.1, 0.15) is 476 Å². The van der Waals surface area contributed by atoms with Crippen molar-refractivity contribution in [1.29, 1.82) is 0 Å². The summed E-state index contributed by atoms with van der Waals surface area (Å²) in [7, 11) is 1.51. The van der Waals surface area contributed by atoms with Crippen LogP contribution in [0, 0.1) is 0 Å². The number of ether oxygens (including phenoxy) is 2. The number of likely N-dealkylation sites (N-methyl/N-ethyl adjacent to an activating group) is 1. The molecule has 10 heteroatoms. The molecular formula is C84H169NO8P+. The van der Waals surface area contributed by atoms with Crippen molar-refractivity contribution in [3.63, 3.8) is 0 Å². The van der Waals surface area contributed by atoms with Gasteiger partial charge in [0, 0.05) is 12.8 Å². The molecule has 9 nitrogen and oxygen atoms in total. The third-order valence-corrected chi connectivity index (χ3v) is 21.1. The van der Waals surface area contributed by atoms with Crippen LogP contribution in [-0.2, 0) is 32.7 Å². The first-order valence-electron chi connectivity index (χ1n) is 42.8. The molecule has 0 aromatic heterocycles. The van der Waals surface area contributed by atoms with Crippen LogP contribution in [0.3, 0.4) is 0 Å². The predicted molar refractivity (Wildman–Crippen MR) is 409 cm³/mol. The van der Waals surface area contributed by atoms with E-state index in [0.29, 0.717) is 17.4 Å². The Kier molecular flexibility index (Phi) is 75.4. The van der Waals surface area contributed by atoms with Gasteiger partial charge >= 0.3 is 19.8 Å². The minimum Gasteiger partial charge on any atom is -0.462 e. The number of rotatable bonds is 82. The summed E-state index contributed by atoms with van der Waals surface area (Å²) in [5.74, 6) is -0.763. The van der Waals surface area contributed by atoms with Crippen molar-refractivity contribution in [2.75, 3.05) is 47.5 Å². The van der Waals surface area contributed by atoms with E-state index in [2.05, 4.69) is 13.8 Å². The van der Waals surface area contributed by atoms with Gasteiger partial charge in [-0.05, 0) is 12.8 Å². The largest absolute Gasteiger partial charge is 0.472 e. The normalized spacial score (nSPS) is 12.9. The van der Waals surface area contributed by atoms with Gasteiger partial charge in [-0.3, -0.25) is 18.6 Å². The number of quaternary nitrogens is 1. The second-order valence-corrected chi connectivity index (χ2v) is 32.4. The summed E-state index contributed by atoms with van der Waals surface area (Å²) in [6.45, 7) is 4.55. The first kappa shape index (κ1) is 93.0. The molecule has 0 aliphatic rings. The molecule has 0 aromatic carbocycles. The Hall–Kier alpha value is -0.990. The summed E-state index contributed by atoms with van der Waals surface area (Å²) in [4.78, 5) is 36.0. The van der Waals surface area contributed by atoms with E-state index in [1.807, 2.05) is 21.1 Å². The maximum absolute atomic E-state index is 12.9. The van der Waals surface area contributed by atoms with Crippen LogP contribution in [0.5, 0.6) is 0 Å². The highest BCUT2D eigenvalue weighted by Crippen LogP contribution is 2.43. The standard InChI is InChI=1S/C84H168NO8P/c1-6-8-10-12-14-16-18-20-22-24-26-28-30-32-34-36-38-39-40-41-42-43-44-45-47-49-51-53-55-57-59-61-63-65-67-69-71-73-75-77-84(87)93-82(81-92-94(88,89)91-79-78-85(3,4)5)80-90-83(86)76-74-72-70-68-66-64-62-60-58-56-54-52-50-48-46-37-35-33-31-29-27-25-23-21-19-17-15-13-11-9-7-2/h82H,6-81H2,1-5H3/p+1. The van der Waals surface area contributed by atoms with Gasteiger partial charge in [-0.1, -0.05) is 450 Å². The van der Waals surface area contributed by atoms with Crippen molar-refractivity contribution in [1.82, 2.24) is 0 Å². The van der Waals surface area contributed by atoms with Gasteiger partial charge in [0.05, 0.1) is 27.7 Å². The molecule has 94 heavy (non-hydrogen) atoms. The van der Waals surface area contributed by atoms with E-state index in [0.717, 1.165) is 38.5 Å². The van der Waals surface area contributed by atoms with Gasteiger partial charge in [-0.15, -0.1) is 0 Å². The molecule has 2 atom stereocenters. The lowest BCUT2D eigenvalue weighted by Crippen LogP contribution is -2.37. The van der Waals surface area contributed by atoms with Crippen molar-refractivity contribution in [2.24, 2.45) is 0 Å². The van der Waals surface area contributed by atoms with Crippen molar-refractivity contribution in [3.8, 4) is 0 Å². The Bertz CT molecular complexity index is 1540. The number of hydrogen-bond acceptors (Lipinski definition) is 7. The highest BCUT2D eigenvalue weighted by molar-refractivity contribution is 7.47. The SMILES string of the molecule is CCCCCCCCCCCCCCCCCCCCCCCCCCCCCCCCCCCCCCCCCC(=O)OC(COC(=O)CCCCCCCCCCCCCCCCCCCCCCCCCCCCCCCCC)COP(=O)(O)OCC[N+](C)(C)C. The zero-order chi connectivity index (χ0) is 68.3. The minimum atomic E-state index is -4.39. The maximum Gasteiger partial charge on any atom is 0.472 e. The van der Waals surface area contributed by atoms with Crippen LogP contribution >= 0.6 is 7.82 Å². The molecule has 0 spiro atoms. The summed E-state index contributed by atoms with van der Waals surface area (Å²) >= 11 is 0. The molecule has 1 N–H and O–H groups in total.